The molecule has 1 saturated heterocycles. The van der Waals surface area contributed by atoms with E-state index in [9.17, 15) is 58.5 Å². The second-order valence-corrected chi connectivity index (χ2v) is 19.3. The second-order valence-electron chi connectivity index (χ2n) is 19.3. The van der Waals surface area contributed by atoms with Crippen molar-refractivity contribution in [3.05, 3.63) is 83.9 Å². The molecule has 0 spiro atoms. The number of nitrogens with two attached hydrogens (primary N) is 3. The van der Waals surface area contributed by atoms with Gasteiger partial charge in [-0.3, -0.25) is 43.3 Å². The molecule has 0 radical (unpaired) electrons. The molecule has 0 unspecified atom stereocenters. The number of aromatic hydroxyl groups is 1. The number of amides is 7. The zero-order valence-corrected chi connectivity index (χ0v) is 43.2. The summed E-state index contributed by atoms with van der Waals surface area (Å²) in [5, 5.41) is 45.3. The number of rotatable bonds is 30. The minimum atomic E-state index is -1.51. The van der Waals surface area contributed by atoms with E-state index in [1.165, 1.54) is 41.7 Å². The Balaban J connectivity index is 1.60. The van der Waals surface area contributed by atoms with Crippen LogP contribution in [-0.2, 0) is 62.4 Å². The van der Waals surface area contributed by atoms with Gasteiger partial charge in [-0.25, -0.2) is 9.78 Å². The lowest BCUT2D eigenvalue weighted by Crippen LogP contribution is -2.61. The summed E-state index contributed by atoms with van der Waals surface area (Å²) in [6.07, 6.45) is 2.97. The molecule has 414 valence electrons. The zero-order chi connectivity index (χ0) is 56.1. The minimum absolute atomic E-state index is 0.00189. The van der Waals surface area contributed by atoms with Crippen LogP contribution in [0.25, 0.3) is 0 Å². The quantitative estimate of drug-likeness (QED) is 0.0218. The van der Waals surface area contributed by atoms with Crippen molar-refractivity contribution in [3.8, 4) is 5.75 Å². The van der Waals surface area contributed by atoms with Gasteiger partial charge in [0.25, 0.3) is 0 Å². The van der Waals surface area contributed by atoms with Crippen LogP contribution in [0.1, 0.15) is 89.5 Å². The number of carboxylic acids is 2. The first-order chi connectivity index (χ1) is 36.1. The Bertz CT molecular complexity index is 2470. The zero-order valence-electron chi connectivity index (χ0n) is 43.2. The average molecular weight is 1060 g/mol. The number of guanidine groups is 1. The highest BCUT2D eigenvalue weighted by Crippen LogP contribution is 2.21. The average Bonchev–Trinajstić information content (AvgIpc) is 4.09. The Hall–Kier alpha value is -8.09. The van der Waals surface area contributed by atoms with E-state index in [0.717, 1.165) is 0 Å². The number of aliphatic carboxylic acids is 2. The number of nitrogens with zero attached hydrogens (tertiary/aromatic N) is 3. The predicted molar refractivity (Wildman–Crippen MR) is 277 cm³/mol. The van der Waals surface area contributed by atoms with Gasteiger partial charge in [-0.05, 0) is 67.2 Å². The van der Waals surface area contributed by atoms with Crippen LogP contribution in [0.3, 0.4) is 0 Å². The van der Waals surface area contributed by atoms with Crippen molar-refractivity contribution in [3.63, 3.8) is 0 Å². The maximum absolute atomic E-state index is 14.6. The number of carboxylic acid groups (broad SMARTS) is 2. The molecule has 16 N–H and O–H groups in total. The Labute approximate surface area is 440 Å². The number of phenolic OH excluding ortho intramolecular Hbond substituents is 1. The van der Waals surface area contributed by atoms with E-state index < -0.39 is 114 Å². The lowest BCUT2D eigenvalue weighted by molar-refractivity contribution is -0.145. The molecular formula is C51H73N13O12. The fraction of sp³-hybridized carbons (Fsp3) is 0.510. The van der Waals surface area contributed by atoms with E-state index in [1.807, 2.05) is 0 Å². The van der Waals surface area contributed by atoms with E-state index in [0.29, 0.717) is 29.7 Å². The number of phenols is 1. The summed E-state index contributed by atoms with van der Waals surface area (Å²) in [7, 11) is 0. The van der Waals surface area contributed by atoms with Crippen molar-refractivity contribution in [2.75, 3.05) is 13.1 Å². The summed E-state index contributed by atoms with van der Waals surface area (Å²) >= 11 is 0. The number of hydrogen-bond acceptors (Lipinski definition) is 13. The van der Waals surface area contributed by atoms with Gasteiger partial charge in [0, 0.05) is 44.2 Å². The Morgan fingerprint density at radius 3 is 1.96 bits per heavy atom. The molecule has 0 bridgehead atoms. The molecule has 0 aliphatic carbocycles. The molecule has 1 fully saturated rings. The van der Waals surface area contributed by atoms with Gasteiger partial charge in [-0.2, -0.15) is 0 Å². The molecule has 1 aromatic heterocycles. The number of nitrogens with one attached hydrogen (secondary N) is 7. The molecule has 9 atom stereocenters. The van der Waals surface area contributed by atoms with Gasteiger partial charge in [-0.1, -0.05) is 76.6 Å². The standard InChI is InChI=1S/C51H73N13O12/c1-5-29(4)42(48(73)61-38(24-32-26-55-27-57-32)49(74)64-20-10-14-40(64)47(72)62-39(50(75)76)23-30-11-7-6-8-12-30)63-46(71)37(22-31-15-17-33(65)18-16-31)60-45(70)36(21-28(2)3)59-44(69)35(13-9-19-56-51(53)54)58-43(68)34(52)25-41(66)67/h6-8,11-12,15-18,26-29,34-40,42,65H,5,9-10,13-14,19-25,52H2,1-4H3,(H,55,57)(H,58,68)(H,59,69)(H,60,70)(H,61,73)(H,62,72)(H,63,71)(H,66,67)(H,75,76)(H4,53,54,56)/t29-,34-,35-,36-,37+,38-,39-,40-,42-/m0/s1. The summed E-state index contributed by atoms with van der Waals surface area (Å²) in [4.78, 5) is 135. The van der Waals surface area contributed by atoms with Crippen molar-refractivity contribution in [1.82, 2.24) is 46.8 Å². The van der Waals surface area contributed by atoms with Gasteiger partial charge >= 0.3 is 11.9 Å². The molecule has 1 aliphatic heterocycles. The number of aliphatic imine (C=N–C) groups is 1. The monoisotopic (exact) mass is 1060 g/mol. The summed E-state index contributed by atoms with van der Waals surface area (Å²) < 4.78 is 0. The van der Waals surface area contributed by atoms with Crippen molar-refractivity contribution in [2.24, 2.45) is 34.0 Å². The number of carbonyl (C=O) groups is 9. The third kappa shape index (κ3) is 19.3. The van der Waals surface area contributed by atoms with E-state index in [4.69, 9.17) is 17.2 Å². The normalized spacial score (nSPS) is 16.3. The molecule has 7 amide bonds. The van der Waals surface area contributed by atoms with Gasteiger partial charge in [0.2, 0.25) is 41.4 Å². The maximum Gasteiger partial charge on any atom is 0.326 e. The fourth-order valence-corrected chi connectivity index (χ4v) is 8.51. The van der Waals surface area contributed by atoms with Crippen LogP contribution in [0.2, 0.25) is 0 Å². The van der Waals surface area contributed by atoms with Gasteiger partial charge in [0.05, 0.1) is 18.8 Å². The van der Waals surface area contributed by atoms with E-state index in [2.05, 4.69) is 46.9 Å². The van der Waals surface area contributed by atoms with E-state index in [1.54, 1.807) is 58.0 Å². The van der Waals surface area contributed by atoms with Crippen molar-refractivity contribution in [2.45, 2.75) is 140 Å². The number of benzene rings is 2. The molecule has 2 heterocycles. The highest BCUT2D eigenvalue weighted by molar-refractivity contribution is 5.98. The lowest BCUT2D eigenvalue weighted by Gasteiger charge is -2.32. The third-order valence-corrected chi connectivity index (χ3v) is 12.8. The number of hydrogen-bond donors (Lipinski definition) is 13. The van der Waals surface area contributed by atoms with Crippen LogP contribution in [0, 0.1) is 11.8 Å². The van der Waals surface area contributed by atoms with Crippen LogP contribution in [0.15, 0.2) is 72.1 Å². The largest absolute Gasteiger partial charge is 0.508 e. The van der Waals surface area contributed by atoms with Crippen molar-refractivity contribution < 1.29 is 58.5 Å². The number of H-pyrrole nitrogens is 1. The van der Waals surface area contributed by atoms with Crippen LogP contribution < -0.4 is 49.1 Å². The molecule has 25 heteroatoms. The number of likely N-dealkylation sites (tertiary alicyclic amines) is 1. The Morgan fingerprint density at radius 1 is 0.750 bits per heavy atom. The first-order valence-corrected chi connectivity index (χ1v) is 25.2. The molecule has 0 saturated carbocycles. The molecule has 2 aromatic carbocycles. The summed E-state index contributed by atoms with van der Waals surface area (Å²) in [5.74, 6) is -9.19. The number of imidazole rings is 1. The molecule has 76 heavy (non-hydrogen) atoms. The SMILES string of the molecule is CC[C@H](C)[C@H](NC(=O)[C@@H](Cc1ccc(O)cc1)NC(=O)[C@H](CC(C)C)NC(=O)[C@H](CCCN=C(N)N)NC(=O)[C@@H](N)CC(=O)O)C(=O)N[C@@H](Cc1cnc[nH]1)C(=O)N1CCC[C@H]1C(=O)N[C@@H](Cc1ccccc1)C(=O)O. The Morgan fingerprint density at radius 2 is 1.36 bits per heavy atom. The minimum Gasteiger partial charge on any atom is -0.508 e. The lowest BCUT2D eigenvalue weighted by atomic mass is 9.96. The predicted octanol–water partition coefficient (Wildman–Crippen LogP) is -0.925. The van der Waals surface area contributed by atoms with Crippen LogP contribution in [0.5, 0.6) is 5.75 Å². The highest BCUT2D eigenvalue weighted by atomic mass is 16.4. The van der Waals surface area contributed by atoms with Gasteiger partial charge in [-0.15, -0.1) is 0 Å². The summed E-state index contributed by atoms with van der Waals surface area (Å²) in [5.41, 5.74) is 18.3. The third-order valence-electron chi connectivity index (χ3n) is 12.8. The van der Waals surface area contributed by atoms with Gasteiger partial charge in [0.1, 0.15) is 48.0 Å². The van der Waals surface area contributed by atoms with Crippen molar-refractivity contribution >= 4 is 59.2 Å². The first-order valence-electron chi connectivity index (χ1n) is 25.2. The highest BCUT2D eigenvalue weighted by Gasteiger charge is 2.41. The second kappa shape index (κ2) is 29.7. The van der Waals surface area contributed by atoms with Gasteiger partial charge in [0.15, 0.2) is 5.96 Å². The van der Waals surface area contributed by atoms with E-state index >= 15 is 0 Å². The van der Waals surface area contributed by atoms with Crippen molar-refractivity contribution in [1.29, 1.82) is 0 Å². The number of carbonyl (C=O) groups excluding carboxylic acids is 7. The van der Waals surface area contributed by atoms with Crippen LogP contribution in [-0.4, -0.2) is 151 Å². The maximum atomic E-state index is 14.6. The smallest absolute Gasteiger partial charge is 0.326 e. The molecule has 4 rings (SSSR count). The molecule has 25 nitrogen and oxygen atoms in total. The summed E-state index contributed by atoms with van der Waals surface area (Å²) in [6, 6.07) is 4.01. The molecular weight excluding hydrogens is 987 g/mol. The fourth-order valence-electron chi connectivity index (χ4n) is 8.51. The van der Waals surface area contributed by atoms with Crippen LogP contribution >= 0.6 is 0 Å². The van der Waals surface area contributed by atoms with E-state index in [-0.39, 0.29) is 75.7 Å². The van der Waals surface area contributed by atoms with Crippen LogP contribution in [0.4, 0.5) is 0 Å². The Kier molecular flexibility index (Phi) is 23.6. The molecule has 1 aliphatic rings. The first kappa shape index (κ1) is 60.5. The number of aromatic amines is 1. The topological polar surface area (TPSA) is 409 Å². The van der Waals surface area contributed by atoms with Gasteiger partial charge < -0.3 is 74.3 Å². The number of aromatic nitrogens is 2. The summed E-state index contributed by atoms with van der Waals surface area (Å²) in [6.45, 7) is 7.24. The molecule has 3 aromatic rings.